The van der Waals surface area contributed by atoms with Crippen LogP contribution in [0.5, 0.6) is 0 Å². The molecule has 2 rings (SSSR count). The number of rotatable bonds is 4. The minimum absolute atomic E-state index is 0.0717. The molecule has 0 aromatic carbocycles. The predicted octanol–water partition coefficient (Wildman–Crippen LogP) is 1.52. The van der Waals surface area contributed by atoms with Crippen molar-refractivity contribution < 1.29 is 5.11 Å². The van der Waals surface area contributed by atoms with Crippen LogP contribution in [-0.4, -0.2) is 34.6 Å². The lowest BCUT2D eigenvalue weighted by Crippen LogP contribution is -2.20. The molecular formula is C11H18N2OS. The molecule has 0 amide bonds. The van der Waals surface area contributed by atoms with E-state index in [1.807, 2.05) is 5.38 Å². The molecule has 0 spiro atoms. The highest BCUT2D eigenvalue weighted by molar-refractivity contribution is 7.09. The number of likely N-dealkylation sites (tertiary alicyclic amines) is 1. The topological polar surface area (TPSA) is 36.4 Å². The Morgan fingerprint density at radius 1 is 1.67 bits per heavy atom. The summed E-state index contributed by atoms with van der Waals surface area (Å²) in [6, 6.07) is 0. The summed E-state index contributed by atoms with van der Waals surface area (Å²) >= 11 is 1.68. The van der Waals surface area contributed by atoms with Crippen molar-refractivity contribution in [1.29, 1.82) is 0 Å². The van der Waals surface area contributed by atoms with Gasteiger partial charge in [-0.05, 0) is 25.4 Å². The van der Waals surface area contributed by atoms with E-state index in [0.717, 1.165) is 24.6 Å². The maximum Gasteiger partial charge on any atom is 0.0932 e. The molecule has 1 aliphatic heterocycles. The molecule has 1 unspecified atom stereocenters. The number of aliphatic hydroxyl groups is 1. The molecule has 1 N–H and O–H groups in total. The predicted molar refractivity (Wildman–Crippen MR) is 62.0 cm³/mol. The van der Waals surface area contributed by atoms with Crippen LogP contribution in [0.15, 0.2) is 5.38 Å². The van der Waals surface area contributed by atoms with Gasteiger partial charge in [0.05, 0.1) is 17.3 Å². The fourth-order valence-corrected chi connectivity index (χ4v) is 3.03. The van der Waals surface area contributed by atoms with E-state index < -0.39 is 0 Å². The van der Waals surface area contributed by atoms with Crippen LogP contribution in [0.1, 0.15) is 24.0 Å². The van der Waals surface area contributed by atoms with Gasteiger partial charge in [0.15, 0.2) is 0 Å². The summed E-state index contributed by atoms with van der Waals surface area (Å²) in [5.41, 5.74) is 0.820. The first-order valence-electron chi connectivity index (χ1n) is 5.58. The molecule has 0 saturated carbocycles. The van der Waals surface area contributed by atoms with Crippen molar-refractivity contribution in [2.45, 2.75) is 26.4 Å². The Morgan fingerprint density at radius 3 is 3.13 bits per heavy atom. The van der Waals surface area contributed by atoms with Gasteiger partial charge in [-0.1, -0.05) is 6.92 Å². The van der Waals surface area contributed by atoms with Crippen LogP contribution < -0.4 is 0 Å². The van der Waals surface area contributed by atoms with Gasteiger partial charge in [0.2, 0.25) is 0 Å². The van der Waals surface area contributed by atoms with E-state index in [2.05, 4.69) is 16.8 Å². The molecule has 15 heavy (non-hydrogen) atoms. The van der Waals surface area contributed by atoms with Gasteiger partial charge in [-0.15, -0.1) is 11.3 Å². The van der Waals surface area contributed by atoms with Gasteiger partial charge in [-0.3, -0.25) is 0 Å². The first-order chi connectivity index (χ1) is 7.31. The molecule has 1 fully saturated rings. The van der Waals surface area contributed by atoms with Gasteiger partial charge in [0, 0.05) is 18.3 Å². The van der Waals surface area contributed by atoms with Gasteiger partial charge in [0.25, 0.3) is 0 Å². The van der Waals surface area contributed by atoms with E-state index in [9.17, 15) is 0 Å². The maximum absolute atomic E-state index is 8.93. The molecule has 1 aromatic heterocycles. The molecule has 84 valence electrons. The smallest absolute Gasteiger partial charge is 0.0932 e. The SMILES string of the molecule is CCN1CCC(Cc2nc(CO)cs2)C1. The molecule has 0 bridgehead atoms. The number of aliphatic hydroxyl groups excluding tert-OH is 1. The third kappa shape index (κ3) is 2.77. The van der Waals surface area contributed by atoms with Crippen molar-refractivity contribution in [2.75, 3.05) is 19.6 Å². The summed E-state index contributed by atoms with van der Waals surface area (Å²) < 4.78 is 0. The van der Waals surface area contributed by atoms with E-state index in [4.69, 9.17) is 5.11 Å². The monoisotopic (exact) mass is 226 g/mol. The second kappa shape index (κ2) is 5.05. The van der Waals surface area contributed by atoms with E-state index in [-0.39, 0.29) is 6.61 Å². The van der Waals surface area contributed by atoms with E-state index >= 15 is 0 Å². The first-order valence-corrected chi connectivity index (χ1v) is 6.46. The Labute approximate surface area is 94.8 Å². The standard InChI is InChI=1S/C11H18N2OS/c1-2-13-4-3-9(6-13)5-11-12-10(7-14)8-15-11/h8-9,14H,2-7H2,1H3. The van der Waals surface area contributed by atoms with Crippen LogP contribution >= 0.6 is 11.3 Å². The van der Waals surface area contributed by atoms with Gasteiger partial charge >= 0.3 is 0 Å². The summed E-state index contributed by atoms with van der Waals surface area (Å²) in [5, 5.41) is 12.1. The average molecular weight is 226 g/mol. The average Bonchev–Trinajstić information content (AvgIpc) is 2.87. The Morgan fingerprint density at radius 2 is 2.53 bits per heavy atom. The normalized spacial score (nSPS) is 22.4. The molecule has 0 radical (unpaired) electrons. The highest BCUT2D eigenvalue weighted by Crippen LogP contribution is 2.22. The zero-order valence-electron chi connectivity index (χ0n) is 9.15. The third-order valence-corrected chi connectivity index (χ3v) is 3.96. The number of hydrogen-bond acceptors (Lipinski definition) is 4. The molecule has 0 aliphatic carbocycles. The summed E-state index contributed by atoms with van der Waals surface area (Å²) in [4.78, 5) is 6.88. The molecule has 1 aromatic rings. The molecule has 3 nitrogen and oxygen atoms in total. The lowest BCUT2D eigenvalue weighted by Gasteiger charge is -2.11. The fraction of sp³-hybridized carbons (Fsp3) is 0.727. The highest BCUT2D eigenvalue weighted by atomic mass is 32.1. The van der Waals surface area contributed by atoms with Crippen LogP contribution in [0.2, 0.25) is 0 Å². The van der Waals surface area contributed by atoms with Crippen LogP contribution in [0.4, 0.5) is 0 Å². The molecule has 1 aliphatic rings. The first kappa shape index (κ1) is 11.0. The molecule has 4 heteroatoms. The fourth-order valence-electron chi connectivity index (χ4n) is 2.13. The van der Waals surface area contributed by atoms with Crippen LogP contribution in [0.25, 0.3) is 0 Å². The van der Waals surface area contributed by atoms with Crippen LogP contribution in [0.3, 0.4) is 0 Å². The second-order valence-electron chi connectivity index (χ2n) is 4.14. The van der Waals surface area contributed by atoms with E-state index in [1.54, 1.807) is 11.3 Å². The van der Waals surface area contributed by atoms with Gasteiger partial charge < -0.3 is 10.0 Å². The number of nitrogens with zero attached hydrogens (tertiary/aromatic N) is 2. The Balaban J connectivity index is 1.87. The van der Waals surface area contributed by atoms with Crippen molar-refractivity contribution in [3.8, 4) is 0 Å². The van der Waals surface area contributed by atoms with Crippen LogP contribution in [0, 0.1) is 5.92 Å². The van der Waals surface area contributed by atoms with E-state index in [1.165, 1.54) is 24.5 Å². The molecule has 1 saturated heterocycles. The highest BCUT2D eigenvalue weighted by Gasteiger charge is 2.22. The maximum atomic E-state index is 8.93. The lowest BCUT2D eigenvalue weighted by molar-refractivity contribution is 0.277. The third-order valence-electron chi connectivity index (χ3n) is 3.04. The Hall–Kier alpha value is -0.450. The molecule has 2 heterocycles. The van der Waals surface area contributed by atoms with Crippen molar-refractivity contribution in [2.24, 2.45) is 5.92 Å². The van der Waals surface area contributed by atoms with E-state index in [0.29, 0.717) is 0 Å². The number of thiazole rings is 1. The summed E-state index contributed by atoms with van der Waals surface area (Å²) in [6.45, 7) is 5.90. The Kier molecular flexibility index (Phi) is 3.72. The summed E-state index contributed by atoms with van der Waals surface area (Å²) in [7, 11) is 0. The summed E-state index contributed by atoms with van der Waals surface area (Å²) in [6.07, 6.45) is 2.38. The molecule has 1 atom stereocenters. The summed E-state index contributed by atoms with van der Waals surface area (Å²) in [5.74, 6) is 0.766. The van der Waals surface area contributed by atoms with Gasteiger partial charge in [-0.25, -0.2) is 4.98 Å². The quantitative estimate of drug-likeness (QED) is 0.845. The lowest BCUT2D eigenvalue weighted by atomic mass is 10.1. The zero-order valence-corrected chi connectivity index (χ0v) is 9.96. The number of hydrogen-bond donors (Lipinski definition) is 1. The van der Waals surface area contributed by atoms with Gasteiger partial charge in [-0.2, -0.15) is 0 Å². The van der Waals surface area contributed by atoms with Crippen molar-refractivity contribution in [3.63, 3.8) is 0 Å². The Bertz CT molecular complexity index is 313. The largest absolute Gasteiger partial charge is 0.390 e. The zero-order chi connectivity index (χ0) is 10.7. The van der Waals surface area contributed by atoms with Crippen molar-refractivity contribution >= 4 is 11.3 Å². The van der Waals surface area contributed by atoms with Crippen molar-refractivity contribution in [3.05, 3.63) is 16.1 Å². The van der Waals surface area contributed by atoms with Crippen molar-refractivity contribution in [1.82, 2.24) is 9.88 Å². The second-order valence-corrected chi connectivity index (χ2v) is 5.09. The van der Waals surface area contributed by atoms with Gasteiger partial charge in [0.1, 0.15) is 0 Å². The minimum Gasteiger partial charge on any atom is -0.390 e. The number of aromatic nitrogens is 1. The van der Waals surface area contributed by atoms with Crippen LogP contribution in [-0.2, 0) is 13.0 Å². The minimum atomic E-state index is 0.0717. The molecular weight excluding hydrogens is 208 g/mol.